The van der Waals surface area contributed by atoms with Crippen LogP contribution in [0.5, 0.6) is 5.75 Å². The quantitative estimate of drug-likeness (QED) is 0.233. The molecule has 6 rings (SSSR count). The van der Waals surface area contributed by atoms with E-state index in [1.165, 1.54) is 4.90 Å². The van der Waals surface area contributed by atoms with E-state index in [1.807, 2.05) is 94.4 Å². The monoisotopic (exact) mass is 665 g/mol. The Bertz CT molecular complexity index is 1750. The van der Waals surface area contributed by atoms with Crippen molar-refractivity contribution in [2.24, 2.45) is 17.8 Å². The van der Waals surface area contributed by atoms with Crippen molar-refractivity contribution in [2.45, 2.75) is 63.8 Å². The zero-order chi connectivity index (χ0) is 35.1. The second kappa shape index (κ2) is 13.4. The molecular formula is C40H47N3O6. The Morgan fingerprint density at radius 1 is 1.00 bits per heavy atom. The van der Waals surface area contributed by atoms with Gasteiger partial charge >= 0.3 is 0 Å². The number of hydrogen-bond acceptors (Lipinski definition) is 6. The third-order valence-corrected chi connectivity index (χ3v) is 11.0. The summed E-state index contributed by atoms with van der Waals surface area (Å²) in [6, 6.07) is 19.3. The third-order valence-electron chi connectivity index (χ3n) is 11.0. The molecule has 3 aliphatic heterocycles. The fraction of sp³-hybridized carbons (Fsp3) is 0.425. The maximum Gasteiger partial charge on any atom is 0.253 e. The van der Waals surface area contributed by atoms with E-state index >= 15 is 4.79 Å². The van der Waals surface area contributed by atoms with Gasteiger partial charge in [-0.2, -0.15) is 0 Å². The minimum atomic E-state index is -1.28. The highest BCUT2D eigenvalue weighted by Gasteiger charge is 2.80. The van der Waals surface area contributed by atoms with Gasteiger partial charge in [0.25, 0.3) is 5.91 Å². The van der Waals surface area contributed by atoms with Crippen LogP contribution in [0, 0.1) is 17.8 Å². The minimum Gasteiger partial charge on any atom is -0.494 e. The molecule has 3 aliphatic rings. The Hall–Kier alpha value is -4.47. The van der Waals surface area contributed by atoms with Crippen molar-refractivity contribution in [2.75, 3.05) is 36.1 Å². The molecule has 3 fully saturated rings. The van der Waals surface area contributed by atoms with Crippen molar-refractivity contribution in [3.05, 3.63) is 92.0 Å². The summed E-state index contributed by atoms with van der Waals surface area (Å²) in [5.74, 6) is -2.18. The number of anilines is 2. The molecule has 2 bridgehead atoms. The van der Waals surface area contributed by atoms with Gasteiger partial charge in [-0.15, -0.1) is 13.2 Å². The zero-order valence-electron chi connectivity index (χ0n) is 28.9. The van der Waals surface area contributed by atoms with Crippen molar-refractivity contribution in [3.8, 4) is 5.75 Å². The number of carbonyl (C=O) groups is 3. The molecule has 9 nitrogen and oxygen atoms in total. The van der Waals surface area contributed by atoms with Gasteiger partial charge in [-0.25, -0.2) is 0 Å². The maximum absolute atomic E-state index is 15.1. The first-order chi connectivity index (χ1) is 23.6. The minimum absolute atomic E-state index is 0.144. The Kier molecular flexibility index (Phi) is 9.44. The van der Waals surface area contributed by atoms with Gasteiger partial charge in [-0.1, -0.05) is 56.3 Å². The number of fused-ring (bicyclic) bond motifs is 2. The lowest BCUT2D eigenvalue weighted by molar-refractivity contribution is -0.149. The highest BCUT2D eigenvalue weighted by Crippen LogP contribution is 2.66. The molecule has 3 saturated heterocycles. The van der Waals surface area contributed by atoms with Crippen LogP contribution in [0.1, 0.15) is 40.5 Å². The lowest BCUT2D eigenvalue weighted by Crippen LogP contribution is -2.59. The molecule has 1 spiro atoms. The predicted octanol–water partition coefficient (Wildman–Crippen LogP) is 5.76. The molecule has 0 aliphatic carbocycles. The number of hydrogen-bond donors (Lipinski definition) is 1. The summed E-state index contributed by atoms with van der Waals surface area (Å²) in [7, 11) is 0. The highest BCUT2D eigenvalue weighted by molar-refractivity contribution is 6.07. The Morgan fingerprint density at radius 3 is 2.24 bits per heavy atom. The number of aliphatic hydroxyl groups excluding tert-OH is 1. The van der Waals surface area contributed by atoms with E-state index in [0.717, 1.165) is 10.8 Å². The average molecular weight is 666 g/mol. The summed E-state index contributed by atoms with van der Waals surface area (Å²) in [6.45, 7) is 16.2. The van der Waals surface area contributed by atoms with Gasteiger partial charge in [0.15, 0.2) is 0 Å². The van der Waals surface area contributed by atoms with Crippen molar-refractivity contribution < 1.29 is 29.0 Å². The van der Waals surface area contributed by atoms with Crippen LogP contribution in [0.2, 0.25) is 0 Å². The number of likely N-dealkylation sites (tertiary alicyclic amines) is 1. The maximum atomic E-state index is 15.1. The molecule has 7 atom stereocenters. The van der Waals surface area contributed by atoms with Gasteiger partial charge < -0.3 is 29.3 Å². The second-order valence-corrected chi connectivity index (χ2v) is 13.6. The molecule has 49 heavy (non-hydrogen) atoms. The molecule has 3 amide bonds. The number of ether oxygens (including phenoxy) is 2. The Balaban J connectivity index is 1.46. The molecule has 258 valence electrons. The van der Waals surface area contributed by atoms with Gasteiger partial charge in [-0.3, -0.25) is 14.4 Å². The molecule has 1 N–H and O–H groups in total. The van der Waals surface area contributed by atoms with Crippen LogP contribution in [0.25, 0.3) is 10.8 Å². The van der Waals surface area contributed by atoms with Crippen molar-refractivity contribution >= 4 is 39.9 Å². The first kappa shape index (κ1) is 34.4. The number of aliphatic hydroxyl groups is 1. The average Bonchev–Trinajstić information content (AvgIpc) is 3.63. The zero-order valence-corrected chi connectivity index (χ0v) is 28.9. The van der Waals surface area contributed by atoms with Crippen LogP contribution in [0.15, 0.2) is 92.0 Å². The normalized spacial score (nSPS) is 27.5. The molecule has 3 unspecified atom stereocenters. The summed E-state index contributed by atoms with van der Waals surface area (Å²) in [6.07, 6.45) is 4.17. The largest absolute Gasteiger partial charge is 0.494 e. The first-order valence-electron chi connectivity index (χ1n) is 17.3. The van der Waals surface area contributed by atoms with Gasteiger partial charge in [0.1, 0.15) is 17.4 Å². The summed E-state index contributed by atoms with van der Waals surface area (Å²) in [5, 5.41) is 12.6. The Morgan fingerprint density at radius 2 is 1.63 bits per heavy atom. The third kappa shape index (κ3) is 5.44. The Labute approximate surface area is 288 Å². The second-order valence-electron chi connectivity index (χ2n) is 13.6. The fourth-order valence-electron chi connectivity index (χ4n) is 8.59. The molecule has 0 radical (unpaired) electrons. The smallest absolute Gasteiger partial charge is 0.253 e. The number of benzene rings is 3. The highest BCUT2D eigenvalue weighted by atomic mass is 16.5. The van der Waals surface area contributed by atoms with Gasteiger partial charge in [-0.05, 0) is 79.8 Å². The van der Waals surface area contributed by atoms with E-state index < -0.39 is 35.1 Å². The van der Waals surface area contributed by atoms with E-state index in [9.17, 15) is 14.7 Å². The van der Waals surface area contributed by atoms with E-state index in [2.05, 4.69) is 13.2 Å². The van der Waals surface area contributed by atoms with Crippen LogP contribution in [-0.4, -0.2) is 77.3 Å². The van der Waals surface area contributed by atoms with E-state index in [4.69, 9.17) is 9.47 Å². The van der Waals surface area contributed by atoms with E-state index in [1.54, 1.807) is 22.0 Å². The van der Waals surface area contributed by atoms with Crippen LogP contribution in [-0.2, 0) is 19.1 Å². The number of nitrogens with zero attached hydrogens (tertiary/aromatic N) is 3. The van der Waals surface area contributed by atoms with Gasteiger partial charge in [0.2, 0.25) is 11.8 Å². The predicted molar refractivity (Wildman–Crippen MR) is 191 cm³/mol. The SMILES string of the molecule is C=CCN(C(=O)C1N([C@@H](CC)CO)C(=O)[C@@H]2[C@@H](C(=O)N(CC=C)c3ccc(OCC)cc3)[C@]3(C)OC12CC3C)c1ccc2ccccc2c1. The number of rotatable bonds is 13. The summed E-state index contributed by atoms with van der Waals surface area (Å²) in [4.78, 5) is 49.7. The number of amides is 3. The van der Waals surface area contributed by atoms with Gasteiger partial charge in [0, 0.05) is 24.5 Å². The molecular weight excluding hydrogens is 618 g/mol. The molecule has 3 heterocycles. The topological polar surface area (TPSA) is 99.6 Å². The molecule has 3 aromatic rings. The van der Waals surface area contributed by atoms with Crippen molar-refractivity contribution in [1.82, 2.24) is 4.90 Å². The van der Waals surface area contributed by atoms with E-state index in [0.29, 0.717) is 36.6 Å². The van der Waals surface area contributed by atoms with Crippen molar-refractivity contribution in [3.63, 3.8) is 0 Å². The summed E-state index contributed by atoms with van der Waals surface area (Å²) >= 11 is 0. The first-order valence-corrected chi connectivity index (χ1v) is 17.3. The van der Waals surface area contributed by atoms with Crippen LogP contribution in [0.4, 0.5) is 11.4 Å². The molecule has 0 saturated carbocycles. The van der Waals surface area contributed by atoms with E-state index in [-0.39, 0.29) is 43.3 Å². The molecule has 3 aromatic carbocycles. The standard InChI is InChI=1S/C40H47N3O6/c1-7-21-41(30-17-19-32(20-18-30)48-10-4)36(45)33-34-37(46)43(29(9-3)25-44)35(40(34)24-26(5)39(33,6)49-40)38(47)42(22-8-2)31-16-15-27-13-11-12-14-28(27)23-31/h7-8,11-20,23,26,29,33-35,44H,1-2,9-10,21-22,24-25H2,3-6H3/t26?,29-,33-,34-,35?,39+,40?/m0/s1. The van der Waals surface area contributed by atoms with Crippen LogP contribution in [0.3, 0.4) is 0 Å². The lowest BCUT2D eigenvalue weighted by Gasteiger charge is -2.39. The summed E-state index contributed by atoms with van der Waals surface area (Å²) in [5.41, 5.74) is -0.980. The molecule has 0 aromatic heterocycles. The van der Waals surface area contributed by atoms with Crippen LogP contribution >= 0.6 is 0 Å². The van der Waals surface area contributed by atoms with Crippen LogP contribution < -0.4 is 14.5 Å². The van der Waals surface area contributed by atoms with Crippen molar-refractivity contribution in [1.29, 1.82) is 0 Å². The number of carbonyl (C=O) groups excluding carboxylic acids is 3. The fourth-order valence-corrected chi connectivity index (χ4v) is 8.59. The summed E-state index contributed by atoms with van der Waals surface area (Å²) < 4.78 is 12.7. The van der Waals surface area contributed by atoms with Gasteiger partial charge in [0.05, 0.1) is 36.7 Å². The molecule has 9 heteroatoms. The lowest BCUT2D eigenvalue weighted by atomic mass is 9.62.